The highest BCUT2D eigenvalue weighted by Crippen LogP contribution is 2.32. The smallest absolute Gasteiger partial charge is 0.334 e. The van der Waals surface area contributed by atoms with Crippen molar-refractivity contribution in [2.75, 3.05) is 6.54 Å². The van der Waals surface area contributed by atoms with Gasteiger partial charge >= 0.3 is 11.4 Å². The van der Waals surface area contributed by atoms with E-state index in [1.165, 1.54) is 9.47 Å². The molecule has 0 bridgehead atoms. The number of carbonyl (C=O) groups is 1. The molecule has 0 fully saturated rings. The van der Waals surface area contributed by atoms with Crippen LogP contribution in [0, 0.1) is 6.92 Å². The molecule has 2 amide bonds. The van der Waals surface area contributed by atoms with Crippen molar-refractivity contribution in [2.45, 2.75) is 31.9 Å². The van der Waals surface area contributed by atoms with Crippen LogP contribution in [0.2, 0.25) is 5.02 Å². The highest BCUT2D eigenvalue weighted by atomic mass is 35.5. The Morgan fingerprint density at radius 2 is 2.12 bits per heavy atom. The van der Waals surface area contributed by atoms with Gasteiger partial charge in [0.1, 0.15) is 0 Å². The molecule has 0 saturated heterocycles. The number of nitrogens with zero attached hydrogens (tertiary/aromatic N) is 4. The van der Waals surface area contributed by atoms with Gasteiger partial charge in [-0.25, -0.2) is 4.79 Å². The van der Waals surface area contributed by atoms with Gasteiger partial charge in [-0.15, -0.1) is 10.2 Å². The molecule has 2 heterocycles. The van der Waals surface area contributed by atoms with E-state index in [1.807, 2.05) is 19.1 Å². The topological polar surface area (TPSA) is 63.1 Å². The van der Waals surface area contributed by atoms with Crippen molar-refractivity contribution in [3.8, 4) is 0 Å². The fourth-order valence-electron chi connectivity index (χ4n) is 2.67. The van der Waals surface area contributed by atoms with E-state index in [2.05, 4.69) is 15.5 Å². The minimum atomic E-state index is -3.58. The lowest BCUT2D eigenvalue weighted by atomic mass is 10.1. The molecule has 3 rings (SSSR count). The van der Waals surface area contributed by atoms with Gasteiger partial charge in [0.05, 0.1) is 6.54 Å². The van der Waals surface area contributed by atoms with Crippen molar-refractivity contribution in [3.63, 3.8) is 0 Å². The Morgan fingerprint density at radius 1 is 1.36 bits per heavy atom. The van der Waals surface area contributed by atoms with Crippen LogP contribution >= 0.6 is 23.2 Å². The number of benzene rings is 1. The van der Waals surface area contributed by atoms with Gasteiger partial charge in [0.15, 0.2) is 5.82 Å². The van der Waals surface area contributed by atoms with Crippen LogP contribution in [0.1, 0.15) is 22.8 Å². The number of rotatable bonds is 3. The molecular formula is C15H15Cl2F2N5O. The van der Waals surface area contributed by atoms with Crippen LogP contribution in [0.15, 0.2) is 18.2 Å². The summed E-state index contributed by atoms with van der Waals surface area (Å²) in [7, 11) is 0. The van der Waals surface area contributed by atoms with Crippen molar-refractivity contribution in [2.24, 2.45) is 0 Å². The second-order valence-corrected chi connectivity index (χ2v) is 6.58. The number of carbonyl (C=O) groups excluding carboxylic acids is 1. The molecule has 1 aliphatic rings. The number of amides is 2. The van der Waals surface area contributed by atoms with Gasteiger partial charge in [-0.05, 0) is 35.7 Å². The fourth-order valence-corrected chi connectivity index (χ4v) is 3.00. The van der Waals surface area contributed by atoms with Crippen LogP contribution in [-0.4, -0.2) is 32.2 Å². The molecule has 0 atom stereocenters. The lowest BCUT2D eigenvalue weighted by Gasteiger charge is -2.28. The SMILES string of the molecule is Cc1c(Cl)cccc1CNC(=O)N1CCn2c(nnc2C(F)(F)Cl)C1. The number of urea groups is 1. The number of nitrogens with one attached hydrogen (secondary N) is 1. The molecule has 1 aromatic carbocycles. The third kappa shape index (κ3) is 3.69. The molecule has 6 nitrogen and oxygen atoms in total. The molecule has 2 aromatic rings. The lowest BCUT2D eigenvalue weighted by molar-refractivity contribution is 0.0772. The van der Waals surface area contributed by atoms with Gasteiger partial charge in [-0.3, -0.25) is 0 Å². The van der Waals surface area contributed by atoms with E-state index in [1.54, 1.807) is 6.07 Å². The van der Waals surface area contributed by atoms with Crippen LogP contribution in [0.25, 0.3) is 0 Å². The molecule has 1 N–H and O–H groups in total. The average Bonchev–Trinajstić information content (AvgIpc) is 2.99. The number of alkyl halides is 3. The first-order valence-corrected chi connectivity index (χ1v) is 8.29. The number of fused-ring (bicyclic) bond motifs is 1. The highest BCUT2D eigenvalue weighted by molar-refractivity contribution is 6.31. The molecule has 0 radical (unpaired) electrons. The maximum Gasteiger partial charge on any atom is 0.381 e. The zero-order valence-corrected chi connectivity index (χ0v) is 14.8. The molecule has 0 spiro atoms. The predicted octanol–water partition coefficient (Wildman–Crippen LogP) is 3.25. The van der Waals surface area contributed by atoms with E-state index in [0.29, 0.717) is 11.6 Å². The van der Waals surface area contributed by atoms with Crippen LogP contribution in [0.3, 0.4) is 0 Å². The second kappa shape index (κ2) is 6.76. The quantitative estimate of drug-likeness (QED) is 0.819. The summed E-state index contributed by atoms with van der Waals surface area (Å²) >= 11 is 11.1. The Labute approximate surface area is 152 Å². The fraction of sp³-hybridized carbons (Fsp3) is 0.400. The van der Waals surface area contributed by atoms with Crippen molar-refractivity contribution in [1.29, 1.82) is 0 Å². The van der Waals surface area contributed by atoms with Crippen LogP contribution in [0.5, 0.6) is 0 Å². The lowest BCUT2D eigenvalue weighted by Crippen LogP contribution is -2.44. The molecule has 10 heteroatoms. The number of hydrogen-bond donors (Lipinski definition) is 1. The van der Waals surface area contributed by atoms with Gasteiger partial charge < -0.3 is 14.8 Å². The Morgan fingerprint density at radius 3 is 2.84 bits per heavy atom. The zero-order chi connectivity index (χ0) is 18.2. The monoisotopic (exact) mass is 389 g/mol. The number of aromatic nitrogens is 3. The minimum absolute atomic E-state index is 0.0837. The molecule has 0 aliphatic carbocycles. The summed E-state index contributed by atoms with van der Waals surface area (Å²) in [4.78, 5) is 13.8. The third-order valence-corrected chi connectivity index (χ3v) is 4.68. The number of hydrogen-bond acceptors (Lipinski definition) is 3. The maximum absolute atomic E-state index is 13.2. The molecule has 1 aliphatic heterocycles. The molecule has 0 unspecified atom stereocenters. The highest BCUT2D eigenvalue weighted by Gasteiger charge is 2.37. The molecule has 0 saturated carbocycles. The Bertz CT molecular complexity index is 806. The predicted molar refractivity (Wildman–Crippen MR) is 88.6 cm³/mol. The van der Waals surface area contributed by atoms with Crippen molar-refractivity contribution < 1.29 is 13.6 Å². The summed E-state index contributed by atoms with van der Waals surface area (Å²) in [5.74, 6) is -0.325. The van der Waals surface area contributed by atoms with E-state index >= 15 is 0 Å². The van der Waals surface area contributed by atoms with Crippen LogP contribution in [-0.2, 0) is 25.0 Å². The van der Waals surface area contributed by atoms with Gasteiger partial charge in [-0.1, -0.05) is 23.7 Å². The summed E-state index contributed by atoms with van der Waals surface area (Å²) in [6, 6.07) is 5.16. The van der Waals surface area contributed by atoms with Gasteiger partial charge in [0.25, 0.3) is 0 Å². The normalized spacial score (nSPS) is 14.4. The van der Waals surface area contributed by atoms with E-state index in [4.69, 9.17) is 23.2 Å². The van der Waals surface area contributed by atoms with Gasteiger partial charge in [0.2, 0.25) is 5.82 Å². The van der Waals surface area contributed by atoms with Gasteiger partial charge in [0, 0.05) is 24.7 Å². The summed E-state index contributed by atoms with van der Waals surface area (Å²) < 4.78 is 27.7. The molecular weight excluding hydrogens is 375 g/mol. The summed E-state index contributed by atoms with van der Waals surface area (Å²) in [6.45, 7) is 2.69. The molecule has 1 aromatic heterocycles. The standard InChI is InChI=1S/C15H15Cl2F2N5O/c1-9-10(3-2-4-11(9)16)7-20-14(25)23-5-6-24-12(8-23)21-22-13(24)15(17,18)19/h2-4H,5-8H2,1H3,(H,20,25). The van der Waals surface area contributed by atoms with Crippen LogP contribution < -0.4 is 5.32 Å². The maximum atomic E-state index is 13.2. The molecule has 25 heavy (non-hydrogen) atoms. The molecule has 134 valence electrons. The third-order valence-electron chi connectivity index (χ3n) is 4.10. The first-order chi connectivity index (χ1) is 11.8. The average molecular weight is 390 g/mol. The summed E-state index contributed by atoms with van der Waals surface area (Å²) in [5, 5.41) is 6.99. The Balaban J connectivity index is 1.65. The van der Waals surface area contributed by atoms with Gasteiger partial charge in [-0.2, -0.15) is 8.78 Å². The van der Waals surface area contributed by atoms with E-state index < -0.39 is 11.2 Å². The van der Waals surface area contributed by atoms with Crippen LogP contribution in [0.4, 0.5) is 13.6 Å². The van der Waals surface area contributed by atoms with Crippen molar-refractivity contribution >= 4 is 29.2 Å². The summed E-state index contributed by atoms with van der Waals surface area (Å²) in [6.07, 6.45) is 0. The van der Waals surface area contributed by atoms with E-state index in [-0.39, 0.29) is 31.5 Å². The second-order valence-electron chi connectivity index (χ2n) is 5.69. The van der Waals surface area contributed by atoms with Crippen molar-refractivity contribution in [1.82, 2.24) is 25.0 Å². The largest absolute Gasteiger partial charge is 0.381 e. The first-order valence-electron chi connectivity index (χ1n) is 7.53. The summed E-state index contributed by atoms with van der Waals surface area (Å²) in [5.41, 5.74) is 1.81. The Kier molecular flexibility index (Phi) is 4.83. The minimum Gasteiger partial charge on any atom is -0.334 e. The van der Waals surface area contributed by atoms with Crippen molar-refractivity contribution in [3.05, 3.63) is 46.0 Å². The number of halogens is 4. The van der Waals surface area contributed by atoms with E-state index in [9.17, 15) is 13.6 Å². The van der Waals surface area contributed by atoms with E-state index in [0.717, 1.165) is 11.1 Å². The Hall–Kier alpha value is -1.93. The zero-order valence-electron chi connectivity index (χ0n) is 13.3. The first kappa shape index (κ1) is 17.9.